The molecule has 144 valence electrons. The first-order valence-corrected chi connectivity index (χ1v) is 10.0. The van der Waals surface area contributed by atoms with E-state index in [9.17, 15) is 9.59 Å². The van der Waals surface area contributed by atoms with Crippen LogP contribution in [0.1, 0.15) is 38.8 Å². The van der Waals surface area contributed by atoms with Gasteiger partial charge in [-0.2, -0.15) is 0 Å². The maximum atomic E-state index is 12.7. The predicted molar refractivity (Wildman–Crippen MR) is 105 cm³/mol. The Labute approximate surface area is 159 Å². The number of hydrogen-bond donors (Lipinski definition) is 1. The van der Waals surface area contributed by atoms with E-state index >= 15 is 0 Å². The van der Waals surface area contributed by atoms with Crippen molar-refractivity contribution >= 4 is 16.9 Å². The van der Waals surface area contributed by atoms with E-state index in [1.54, 1.807) is 0 Å². The van der Waals surface area contributed by atoms with Gasteiger partial charge in [-0.3, -0.25) is 14.5 Å². The largest absolute Gasteiger partial charge is 0.338 e. The van der Waals surface area contributed by atoms with Crippen molar-refractivity contribution in [1.82, 2.24) is 19.8 Å². The number of nitrogens with one attached hydrogen (secondary N) is 1. The molecule has 6 nitrogen and oxygen atoms in total. The van der Waals surface area contributed by atoms with Gasteiger partial charge in [0.25, 0.3) is 5.56 Å². The van der Waals surface area contributed by atoms with E-state index in [4.69, 9.17) is 0 Å². The van der Waals surface area contributed by atoms with Crippen LogP contribution in [0.15, 0.2) is 29.1 Å². The summed E-state index contributed by atoms with van der Waals surface area (Å²) in [6.07, 6.45) is 3.00. The highest BCUT2D eigenvalue weighted by atomic mass is 16.2. The molecule has 1 N–H and O–H groups in total. The van der Waals surface area contributed by atoms with Gasteiger partial charge in [0.15, 0.2) is 0 Å². The third-order valence-electron chi connectivity index (χ3n) is 5.77. The van der Waals surface area contributed by atoms with Crippen LogP contribution in [0.3, 0.4) is 0 Å². The first-order valence-electron chi connectivity index (χ1n) is 10.0. The molecule has 1 amide bonds. The summed E-state index contributed by atoms with van der Waals surface area (Å²) >= 11 is 0. The Kier molecular flexibility index (Phi) is 5.00. The normalized spacial score (nSPS) is 21.8. The Morgan fingerprint density at radius 2 is 2.00 bits per heavy atom. The van der Waals surface area contributed by atoms with E-state index in [0.717, 1.165) is 24.1 Å². The summed E-state index contributed by atoms with van der Waals surface area (Å²) in [6, 6.07) is 7.78. The van der Waals surface area contributed by atoms with E-state index < -0.39 is 0 Å². The summed E-state index contributed by atoms with van der Waals surface area (Å²) in [5.74, 6) is 1.33. The number of para-hydroxylation sites is 2. The van der Waals surface area contributed by atoms with Crippen molar-refractivity contribution in [3.8, 4) is 0 Å². The fourth-order valence-corrected chi connectivity index (χ4v) is 3.95. The molecule has 0 spiro atoms. The highest BCUT2D eigenvalue weighted by molar-refractivity contribution is 5.77. The van der Waals surface area contributed by atoms with Gasteiger partial charge in [-0.25, -0.2) is 4.98 Å². The highest BCUT2D eigenvalue weighted by Crippen LogP contribution is 2.32. The first-order chi connectivity index (χ1) is 13.0. The molecule has 27 heavy (non-hydrogen) atoms. The molecule has 1 aliphatic heterocycles. The minimum atomic E-state index is -0.139. The van der Waals surface area contributed by atoms with Gasteiger partial charge in [-0.15, -0.1) is 0 Å². The quantitative estimate of drug-likeness (QED) is 0.880. The van der Waals surface area contributed by atoms with Gasteiger partial charge in [-0.05, 0) is 36.8 Å². The molecule has 1 aliphatic carbocycles. The van der Waals surface area contributed by atoms with Crippen LogP contribution in [0.5, 0.6) is 0 Å². The molecule has 1 aromatic heterocycles. The van der Waals surface area contributed by atoms with Crippen molar-refractivity contribution < 1.29 is 4.79 Å². The lowest BCUT2D eigenvalue weighted by molar-refractivity contribution is -0.133. The van der Waals surface area contributed by atoms with Crippen LogP contribution < -0.4 is 5.56 Å². The third kappa shape index (κ3) is 4.05. The molecule has 1 aromatic carbocycles. The smallest absolute Gasteiger partial charge is 0.271 e. The van der Waals surface area contributed by atoms with Gasteiger partial charge < -0.3 is 9.88 Å². The minimum absolute atomic E-state index is 0.139. The van der Waals surface area contributed by atoms with E-state index in [-0.39, 0.29) is 17.5 Å². The number of fused-ring (bicyclic) bond motifs is 1. The number of carbonyl (C=O) groups is 1. The number of hydrogen-bond acceptors (Lipinski definition) is 4. The lowest BCUT2D eigenvalue weighted by Crippen LogP contribution is -2.47. The van der Waals surface area contributed by atoms with Crippen molar-refractivity contribution in [2.45, 2.75) is 45.7 Å². The van der Waals surface area contributed by atoms with Gasteiger partial charge in [0.05, 0.1) is 11.0 Å². The molecule has 0 radical (unpaired) electrons. The second-order valence-electron chi connectivity index (χ2n) is 8.32. The SMILES string of the molecule is CC(C)C1CN(Cc2nc3ccccc3[nH]c2=O)CCC(=O)N1CC1CC1. The summed E-state index contributed by atoms with van der Waals surface area (Å²) in [5.41, 5.74) is 1.95. The molecule has 0 bridgehead atoms. The monoisotopic (exact) mass is 368 g/mol. The summed E-state index contributed by atoms with van der Waals surface area (Å²) in [4.78, 5) is 37.1. The van der Waals surface area contributed by atoms with Crippen LogP contribution in [0.2, 0.25) is 0 Å². The summed E-state index contributed by atoms with van der Waals surface area (Å²) in [7, 11) is 0. The van der Waals surface area contributed by atoms with Crippen molar-refractivity contribution in [2.24, 2.45) is 11.8 Å². The molecule has 2 aliphatic rings. The summed E-state index contributed by atoms with van der Waals surface area (Å²) < 4.78 is 0. The molecular formula is C21H28N4O2. The fraction of sp³-hybridized carbons (Fsp3) is 0.571. The number of rotatable bonds is 5. The lowest BCUT2D eigenvalue weighted by Gasteiger charge is -2.34. The molecular weight excluding hydrogens is 340 g/mol. The van der Waals surface area contributed by atoms with Crippen LogP contribution >= 0.6 is 0 Å². The molecule has 1 saturated carbocycles. The summed E-state index contributed by atoms with van der Waals surface area (Å²) in [6.45, 7) is 7.21. The number of aromatic nitrogens is 2. The van der Waals surface area contributed by atoms with E-state index in [2.05, 4.69) is 33.6 Å². The zero-order valence-electron chi connectivity index (χ0n) is 16.1. The van der Waals surface area contributed by atoms with Crippen molar-refractivity contribution in [2.75, 3.05) is 19.6 Å². The maximum Gasteiger partial charge on any atom is 0.271 e. The van der Waals surface area contributed by atoms with Crippen LogP contribution in [-0.4, -0.2) is 51.4 Å². The maximum absolute atomic E-state index is 12.7. The number of aromatic amines is 1. The predicted octanol–water partition coefficient (Wildman–Crippen LogP) is 2.39. The van der Waals surface area contributed by atoms with Crippen molar-refractivity contribution in [3.05, 3.63) is 40.3 Å². The first kappa shape index (κ1) is 18.2. The Balaban J connectivity index is 1.56. The zero-order chi connectivity index (χ0) is 19.0. The zero-order valence-corrected chi connectivity index (χ0v) is 16.1. The molecule has 4 rings (SSSR count). The van der Waals surface area contributed by atoms with Crippen LogP contribution in [-0.2, 0) is 11.3 Å². The molecule has 1 atom stereocenters. The Morgan fingerprint density at radius 3 is 2.74 bits per heavy atom. The van der Waals surface area contributed by atoms with Gasteiger partial charge in [-0.1, -0.05) is 26.0 Å². The van der Waals surface area contributed by atoms with Crippen molar-refractivity contribution in [3.63, 3.8) is 0 Å². The van der Waals surface area contributed by atoms with Crippen molar-refractivity contribution in [1.29, 1.82) is 0 Å². The lowest BCUT2D eigenvalue weighted by atomic mass is 10.0. The van der Waals surface area contributed by atoms with Crippen LogP contribution in [0, 0.1) is 11.8 Å². The second kappa shape index (κ2) is 7.43. The fourth-order valence-electron chi connectivity index (χ4n) is 3.95. The summed E-state index contributed by atoms with van der Waals surface area (Å²) in [5, 5.41) is 0. The van der Waals surface area contributed by atoms with E-state index in [0.29, 0.717) is 37.0 Å². The number of H-pyrrole nitrogens is 1. The Hall–Kier alpha value is -2.21. The van der Waals surface area contributed by atoms with Gasteiger partial charge in [0, 0.05) is 38.6 Å². The molecule has 1 unspecified atom stereocenters. The Bertz CT molecular complexity index is 887. The van der Waals surface area contributed by atoms with Gasteiger partial charge in [0.2, 0.25) is 5.91 Å². The molecule has 2 heterocycles. The molecule has 2 aromatic rings. The van der Waals surface area contributed by atoms with E-state index in [1.807, 2.05) is 24.3 Å². The second-order valence-corrected chi connectivity index (χ2v) is 8.32. The third-order valence-corrected chi connectivity index (χ3v) is 5.77. The minimum Gasteiger partial charge on any atom is -0.338 e. The highest BCUT2D eigenvalue weighted by Gasteiger charge is 2.35. The molecule has 2 fully saturated rings. The van der Waals surface area contributed by atoms with Gasteiger partial charge in [0.1, 0.15) is 5.69 Å². The average Bonchev–Trinajstić information content (AvgIpc) is 3.47. The molecule has 1 saturated heterocycles. The number of benzene rings is 1. The molecule has 6 heteroatoms. The van der Waals surface area contributed by atoms with Gasteiger partial charge >= 0.3 is 0 Å². The standard InChI is InChI=1S/C21H28N4O2/c1-14(2)19-13-24(10-9-20(26)25(19)11-15-7-8-15)12-18-21(27)23-17-6-4-3-5-16(17)22-18/h3-6,14-15,19H,7-13H2,1-2H3,(H,23,27). The number of amides is 1. The van der Waals surface area contributed by atoms with E-state index in [1.165, 1.54) is 12.8 Å². The topological polar surface area (TPSA) is 69.3 Å². The average molecular weight is 368 g/mol. The van der Waals surface area contributed by atoms with Crippen LogP contribution in [0.4, 0.5) is 0 Å². The Morgan fingerprint density at radius 1 is 1.22 bits per heavy atom. The number of nitrogens with zero attached hydrogens (tertiary/aromatic N) is 3. The van der Waals surface area contributed by atoms with Crippen LogP contribution in [0.25, 0.3) is 11.0 Å². The number of carbonyl (C=O) groups excluding carboxylic acids is 1.